The number of hydrogen-bond acceptors (Lipinski definition) is 5. The molecule has 0 aliphatic rings. The highest BCUT2D eigenvalue weighted by atomic mass is 32.1. The molecular weight excluding hydrogens is 274 g/mol. The molecule has 0 aliphatic carbocycles. The van der Waals surface area contributed by atoms with E-state index >= 15 is 0 Å². The first kappa shape index (κ1) is 14.7. The Bertz CT molecular complexity index is 597. The molecule has 2 aromatic rings. The maximum absolute atomic E-state index is 12.0. The summed E-state index contributed by atoms with van der Waals surface area (Å²) < 4.78 is 0.920. The van der Waals surface area contributed by atoms with Gasteiger partial charge in [0.15, 0.2) is 5.13 Å². The van der Waals surface area contributed by atoms with Gasteiger partial charge in [-0.05, 0) is 37.0 Å². The topological polar surface area (TPSA) is 88.2 Å². The average Bonchev–Trinajstić information content (AvgIpc) is 2.81. The Balaban J connectivity index is 1.90. The summed E-state index contributed by atoms with van der Waals surface area (Å²) in [5, 5.41) is 12.3. The number of amides is 1. The molecule has 2 rings (SSSR count). The number of nitrogens with one attached hydrogen (secondary N) is 1. The molecule has 1 heterocycles. The van der Waals surface area contributed by atoms with Crippen molar-refractivity contribution < 1.29 is 9.90 Å². The number of aromatic nitrogens is 1. The van der Waals surface area contributed by atoms with Gasteiger partial charge in [0.25, 0.3) is 5.91 Å². The fraction of sp³-hybridized carbons (Fsp3) is 0.429. The number of thiazole rings is 1. The van der Waals surface area contributed by atoms with Crippen molar-refractivity contribution in [3.8, 4) is 0 Å². The third kappa shape index (κ3) is 3.68. The van der Waals surface area contributed by atoms with Gasteiger partial charge in [0.2, 0.25) is 0 Å². The molecule has 1 amide bonds. The fourth-order valence-electron chi connectivity index (χ4n) is 1.93. The summed E-state index contributed by atoms with van der Waals surface area (Å²) in [6, 6.07) is 5.38. The van der Waals surface area contributed by atoms with Crippen LogP contribution in [0.4, 0.5) is 5.13 Å². The Labute approximate surface area is 121 Å². The molecule has 0 bridgehead atoms. The second-order valence-electron chi connectivity index (χ2n) is 4.92. The summed E-state index contributed by atoms with van der Waals surface area (Å²) in [4.78, 5) is 16.2. The highest BCUT2D eigenvalue weighted by molar-refractivity contribution is 7.22. The number of aliphatic hydroxyl groups is 1. The zero-order valence-electron chi connectivity index (χ0n) is 11.4. The number of nitrogen functional groups attached to an aromatic ring is 1. The summed E-state index contributed by atoms with van der Waals surface area (Å²) in [7, 11) is 0. The van der Waals surface area contributed by atoms with Crippen LogP contribution in [-0.2, 0) is 0 Å². The smallest absolute Gasteiger partial charge is 0.251 e. The van der Waals surface area contributed by atoms with Gasteiger partial charge in [-0.3, -0.25) is 4.79 Å². The van der Waals surface area contributed by atoms with Crippen LogP contribution in [-0.4, -0.2) is 29.1 Å². The lowest BCUT2D eigenvalue weighted by molar-refractivity contribution is 0.0952. The fourth-order valence-corrected chi connectivity index (χ4v) is 2.70. The summed E-state index contributed by atoms with van der Waals surface area (Å²) >= 11 is 1.38. The lowest BCUT2D eigenvalue weighted by Crippen LogP contribution is -2.24. The molecule has 1 unspecified atom stereocenters. The second-order valence-corrected chi connectivity index (χ2v) is 5.98. The first-order valence-electron chi connectivity index (χ1n) is 6.65. The number of benzene rings is 1. The van der Waals surface area contributed by atoms with Crippen molar-refractivity contribution in [2.45, 2.75) is 19.8 Å². The Morgan fingerprint density at radius 3 is 3.10 bits per heavy atom. The van der Waals surface area contributed by atoms with Gasteiger partial charge >= 0.3 is 0 Å². The van der Waals surface area contributed by atoms with E-state index in [1.165, 1.54) is 11.3 Å². The van der Waals surface area contributed by atoms with E-state index in [9.17, 15) is 4.79 Å². The lowest BCUT2D eigenvalue weighted by Gasteiger charge is -2.08. The zero-order chi connectivity index (χ0) is 14.5. The van der Waals surface area contributed by atoms with Crippen molar-refractivity contribution in [3.63, 3.8) is 0 Å². The molecule has 108 valence electrons. The molecule has 0 saturated heterocycles. The van der Waals surface area contributed by atoms with Gasteiger partial charge in [-0.2, -0.15) is 0 Å². The maximum Gasteiger partial charge on any atom is 0.251 e. The van der Waals surface area contributed by atoms with Gasteiger partial charge in [-0.25, -0.2) is 4.98 Å². The Hall–Kier alpha value is -1.66. The van der Waals surface area contributed by atoms with Gasteiger partial charge < -0.3 is 16.2 Å². The molecule has 0 radical (unpaired) electrons. The summed E-state index contributed by atoms with van der Waals surface area (Å²) in [6.45, 7) is 2.80. The van der Waals surface area contributed by atoms with E-state index in [-0.39, 0.29) is 18.4 Å². The Morgan fingerprint density at radius 1 is 1.55 bits per heavy atom. The van der Waals surface area contributed by atoms with Crippen molar-refractivity contribution in [3.05, 3.63) is 23.8 Å². The lowest BCUT2D eigenvalue weighted by atomic mass is 10.1. The van der Waals surface area contributed by atoms with Crippen LogP contribution in [0.15, 0.2) is 18.2 Å². The first-order chi connectivity index (χ1) is 9.60. The molecular formula is C14H19N3O2S. The van der Waals surface area contributed by atoms with Crippen LogP contribution < -0.4 is 11.1 Å². The first-order valence-corrected chi connectivity index (χ1v) is 7.47. The summed E-state index contributed by atoms with van der Waals surface area (Å²) in [5.41, 5.74) is 7.08. The second kappa shape index (κ2) is 6.67. The third-order valence-corrected chi connectivity index (χ3v) is 3.99. The van der Waals surface area contributed by atoms with Gasteiger partial charge in [0.1, 0.15) is 0 Å². The molecule has 4 N–H and O–H groups in total. The molecule has 0 saturated carbocycles. The predicted octanol–water partition coefficient (Wildman–Crippen LogP) is 2.02. The van der Waals surface area contributed by atoms with E-state index in [0.29, 0.717) is 17.2 Å². The number of anilines is 1. The van der Waals surface area contributed by atoms with Crippen LogP contribution in [0.5, 0.6) is 0 Å². The summed E-state index contributed by atoms with van der Waals surface area (Å²) in [5.74, 6) is 0.193. The normalized spacial score (nSPS) is 12.5. The van der Waals surface area contributed by atoms with Gasteiger partial charge in [-0.1, -0.05) is 18.3 Å². The van der Waals surface area contributed by atoms with Crippen LogP contribution in [0.25, 0.3) is 10.2 Å². The molecule has 6 heteroatoms. The molecule has 5 nitrogen and oxygen atoms in total. The maximum atomic E-state index is 12.0. The number of carbonyl (C=O) groups excluding carboxylic acids is 1. The van der Waals surface area contributed by atoms with Crippen LogP contribution in [0.1, 0.15) is 30.1 Å². The zero-order valence-corrected chi connectivity index (χ0v) is 12.2. The Morgan fingerprint density at radius 2 is 2.35 bits per heavy atom. The van der Waals surface area contributed by atoms with E-state index in [4.69, 9.17) is 10.8 Å². The minimum Gasteiger partial charge on any atom is -0.396 e. The van der Waals surface area contributed by atoms with Crippen molar-refractivity contribution in [2.24, 2.45) is 5.92 Å². The summed E-state index contributed by atoms with van der Waals surface area (Å²) in [6.07, 6.45) is 1.77. The van der Waals surface area contributed by atoms with Crippen LogP contribution in [0.3, 0.4) is 0 Å². The molecule has 1 atom stereocenters. The highest BCUT2D eigenvalue weighted by Crippen LogP contribution is 2.24. The molecule has 0 aliphatic heterocycles. The Kier molecular flexibility index (Phi) is 4.92. The molecule has 20 heavy (non-hydrogen) atoms. The van der Waals surface area contributed by atoms with Crippen molar-refractivity contribution in [1.29, 1.82) is 0 Å². The molecule has 0 fully saturated rings. The number of hydrogen-bond donors (Lipinski definition) is 3. The van der Waals surface area contributed by atoms with Gasteiger partial charge in [0, 0.05) is 18.7 Å². The van der Waals surface area contributed by atoms with Gasteiger partial charge in [0.05, 0.1) is 10.2 Å². The number of aliphatic hydroxyl groups excluding tert-OH is 1. The standard InChI is InChI=1S/C14H19N3O2S/c1-9(8-18)3-2-6-16-13(19)10-4-5-11-12(7-10)20-14(15)17-11/h4-5,7,9,18H,2-3,6,8H2,1H3,(H2,15,17)(H,16,19). The van der Waals surface area contributed by atoms with Crippen molar-refractivity contribution in [1.82, 2.24) is 10.3 Å². The quantitative estimate of drug-likeness (QED) is 0.711. The van der Waals surface area contributed by atoms with E-state index in [1.807, 2.05) is 19.1 Å². The predicted molar refractivity (Wildman–Crippen MR) is 81.8 cm³/mol. The molecule has 1 aromatic carbocycles. The number of nitrogens with two attached hydrogens (primary N) is 1. The number of rotatable bonds is 6. The van der Waals surface area contributed by atoms with E-state index in [1.54, 1.807) is 6.07 Å². The largest absolute Gasteiger partial charge is 0.396 e. The van der Waals surface area contributed by atoms with E-state index in [2.05, 4.69) is 10.3 Å². The highest BCUT2D eigenvalue weighted by Gasteiger charge is 2.08. The minimum atomic E-state index is -0.0875. The molecule has 0 spiro atoms. The number of fused-ring (bicyclic) bond motifs is 1. The van der Waals surface area contributed by atoms with Crippen LogP contribution >= 0.6 is 11.3 Å². The minimum absolute atomic E-state index is 0.0875. The number of nitrogens with zero attached hydrogens (tertiary/aromatic N) is 1. The monoisotopic (exact) mass is 293 g/mol. The van der Waals surface area contributed by atoms with Gasteiger partial charge in [-0.15, -0.1) is 0 Å². The van der Waals surface area contributed by atoms with Crippen molar-refractivity contribution >= 4 is 32.6 Å². The van der Waals surface area contributed by atoms with E-state index < -0.39 is 0 Å². The van der Waals surface area contributed by atoms with Crippen LogP contribution in [0, 0.1) is 5.92 Å². The van der Waals surface area contributed by atoms with E-state index in [0.717, 1.165) is 23.1 Å². The molecule has 1 aromatic heterocycles. The SMILES string of the molecule is CC(CO)CCCNC(=O)c1ccc2nc(N)sc2c1. The van der Waals surface area contributed by atoms with Crippen molar-refractivity contribution in [2.75, 3.05) is 18.9 Å². The average molecular weight is 293 g/mol. The third-order valence-electron chi connectivity index (χ3n) is 3.14. The van der Waals surface area contributed by atoms with Crippen LogP contribution in [0.2, 0.25) is 0 Å². The number of carbonyl (C=O) groups is 1.